The van der Waals surface area contributed by atoms with E-state index in [-0.39, 0.29) is 6.71 Å². The summed E-state index contributed by atoms with van der Waals surface area (Å²) >= 11 is 1.88. The molecule has 3 aliphatic rings. The van der Waals surface area contributed by atoms with Crippen LogP contribution in [-0.4, -0.2) is 14.8 Å². The third-order valence-corrected chi connectivity index (χ3v) is 19.1. The first-order valence-corrected chi connectivity index (χ1v) is 23.9. The minimum absolute atomic E-state index is 0.0620. The molecule has 0 amide bonds. The Morgan fingerprint density at radius 2 is 1.05 bits per heavy atom. The number of rotatable bonds is 5. The lowest BCUT2D eigenvalue weighted by Gasteiger charge is -2.45. The topological polar surface area (TPSA) is 12.5 Å². The number of nitrogens with zero attached hydrogens (tertiary/aromatic N) is 1. The highest BCUT2D eigenvalue weighted by atomic mass is 32.2. The van der Waals surface area contributed by atoms with Gasteiger partial charge in [-0.3, -0.25) is 0 Å². The zero-order valence-electron chi connectivity index (χ0n) is 34.0. The molecule has 0 unspecified atom stereocenters. The van der Waals surface area contributed by atoms with Crippen LogP contribution in [0.2, 0.25) is 0 Å². The second-order valence-electron chi connectivity index (χ2n) is 16.5. The molecule has 0 radical (unpaired) electrons. The average Bonchev–Trinajstić information content (AvgIpc) is 3.31. The maximum Gasteiger partial charge on any atom is 0.253 e. The predicted octanol–water partition coefficient (Wildman–Crippen LogP) is 9.88. The van der Waals surface area contributed by atoms with Crippen molar-refractivity contribution in [3.05, 3.63) is 217 Å². The van der Waals surface area contributed by atoms with Crippen molar-refractivity contribution in [1.29, 1.82) is 0 Å². The Bertz CT molecular complexity index is 3110. The zero-order valence-corrected chi connectivity index (χ0v) is 35.8. The van der Waals surface area contributed by atoms with Crippen molar-refractivity contribution in [2.24, 2.45) is 0 Å². The molecule has 12 rings (SSSR count). The Balaban J connectivity index is 1.05. The van der Waals surface area contributed by atoms with Gasteiger partial charge in [0, 0.05) is 27.2 Å². The molecule has 0 aliphatic carbocycles. The Kier molecular flexibility index (Phi) is 8.38. The summed E-state index contributed by atoms with van der Waals surface area (Å²) in [5, 5.41) is 5.53. The second-order valence-corrected chi connectivity index (χ2v) is 21.3. The van der Waals surface area contributed by atoms with E-state index in [9.17, 15) is 0 Å². The smallest absolute Gasteiger partial charge is 0.253 e. The van der Waals surface area contributed by atoms with E-state index in [0.717, 1.165) is 17.2 Å². The van der Waals surface area contributed by atoms with E-state index in [4.69, 9.17) is 4.74 Å². The van der Waals surface area contributed by atoms with Gasteiger partial charge in [-0.1, -0.05) is 181 Å². The molecule has 288 valence electrons. The van der Waals surface area contributed by atoms with Crippen LogP contribution in [0.5, 0.6) is 11.5 Å². The Morgan fingerprint density at radius 1 is 0.459 bits per heavy atom. The van der Waals surface area contributed by atoms with Crippen LogP contribution >= 0.6 is 11.8 Å². The Morgan fingerprint density at radius 3 is 1.77 bits per heavy atom. The van der Waals surface area contributed by atoms with Crippen molar-refractivity contribution >= 4 is 80.7 Å². The van der Waals surface area contributed by atoms with Gasteiger partial charge in [0.25, 0.3) is 6.71 Å². The van der Waals surface area contributed by atoms with E-state index >= 15 is 0 Å². The highest BCUT2D eigenvalue weighted by molar-refractivity contribution is 8.00. The van der Waals surface area contributed by atoms with Crippen molar-refractivity contribution in [2.75, 3.05) is 4.90 Å². The van der Waals surface area contributed by atoms with Gasteiger partial charge in [-0.15, -0.1) is 0 Å². The van der Waals surface area contributed by atoms with Crippen LogP contribution < -0.4 is 46.8 Å². The van der Waals surface area contributed by atoms with E-state index in [1.807, 2.05) is 11.8 Å². The molecule has 9 aromatic rings. The molecule has 61 heavy (non-hydrogen) atoms. The molecular formula is C56H40BNOSSi. The van der Waals surface area contributed by atoms with Gasteiger partial charge in [0.2, 0.25) is 0 Å². The SMILES string of the molecule is Cc1ccccc1-c1cc(-c2ccc3c(c2)Sc2cc(N4c5ccccc5[Si](c5ccccc5)(c5ccccc5)c5ccccc54)cc4c2B3c2ccccc2O4)ccc1C. The van der Waals surface area contributed by atoms with Crippen LogP contribution in [0.3, 0.4) is 0 Å². The zero-order chi connectivity index (χ0) is 40.7. The minimum atomic E-state index is -2.75. The van der Waals surface area contributed by atoms with Gasteiger partial charge in [-0.2, -0.15) is 0 Å². The number of ether oxygens (including phenoxy) is 1. The number of hydrogen-bond donors (Lipinski definition) is 0. The Hall–Kier alpha value is -6.79. The van der Waals surface area contributed by atoms with E-state index in [2.05, 4.69) is 225 Å². The van der Waals surface area contributed by atoms with Crippen LogP contribution in [0.1, 0.15) is 11.1 Å². The number of fused-ring (bicyclic) bond motifs is 6. The molecule has 0 atom stereocenters. The maximum atomic E-state index is 6.96. The third-order valence-electron chi connectivity index (χ3n) is 13.1. The van der Waals surface area contributed by atoms with Crippen LogP contribution in [-0.2, 0) is 0 Å². The lowest BCUT2D eigenvalue weighted by atomic mass is 9.35. The molecule has 0 aromatic heterocycles. The summed E-state index contributed by atoms with van der Waals surface area (Å²) in [7, 11) is -2.75. The van der Waals surface area contributed by atoms with E-state index in [1.54, 1.807) is 0 Å². The fraction of sp³-hybridized carbons (Fsp3) is 0.0357. The van der Waals surface area contributed by atoms with Crippen LogP contribution in [0.4, 0.5) is 17.1 Å². The molecule has 2 nitrogen and oxygen atoms in total. The normalized spacial score (nSPS) is 13.9. The first-order valence-electron chi connectivity index (χ1n) is 21.1. The number of hydrogen-bond acceptors (Lipinski definition) is 3. The third kappa shape index (κ3) is 5.51. The van der Waals surface area contributed by atoms with Crippen molar-refractivity contribution in [3.63, 3.8) is 0 Å². The van der Waals surface area contributed by atoms with Gasteiger partial charge in [0.1, 0.15) is 11.5 Å². The van der Waals surface area contributed by atoms with Crippen LogP contribution in [0.15, 0.2) is 216 Å². The van der Waals surface area contributed by atoms with Gasteiger partial charge in [0.05, 0.1) is 5.69 Å². The number of aryl methyl sites for hydroxylation is 2. The monoisotopic (exact) mass is 813 g/mol. The molecule has 3 heterocycles. The molecule has 0 fully saturated rings. The maximum absolute atomic E-state index is 6.96. The standard InChI is InChI=1S/C56H40BNOSSi/c1-37-17-9-10-22-44(37)45-33-39(30-29-38(45)2)40-31-32-47-52(34-40)60-53-36-41(35-51-56(53)57(47)46-23-11-14-26-50(46)59-51)58-48-24-12-15-27-54(48)61(42-18-5-3-6-19-42,43-20-7-4-8-21-43)55-28-16-13-25-49(55)58/h3-36H,1-2H3. The molecule has 0 saturated carbocycles. The summed E-state index contributed by atoms with van der Waals surface area (Å²) in [5.41, 5.74) is 14.9. The summed E-state index contributed by atoms with van der Waals surface area (Å²) in [6.07, 6.45) is 0. The number of anilines is 3. The largest absolute Gasteiger partial charge is 0.458 e. The predicted molar refractivity (Wildman–Crippen MR) is 260 cm³/mol. The molecule has 0 spiro atoms. The molecule has 0 saturated heterocycles. The molecule has 5 heteroatoms. The minimum Gasteiger partial charge on any atom is -0.458 e. The molecule has 0 N–H and O–H groups in total. The number of para-hydroxylation sites is 3. The first kappa shape index (κ1) is 36.1. The summed E-state index contributed by atoms with van der Waals surface area (Å²) in [6, 6.07) is 76.8. The van der Waals surface area contributed by atoms with Crippen molar-refractivity contribution in [3.8, 4) is 33.8 Å². The highest BCUT2D eigenvalue weighted by Crippen LogP contribution is 2.45. The summed E-state index contributed by atoms with van der Waals surface area (Å²) in [4.78, 5) is 5.02. The van der Waals surface area contributed by atoms with E-state index in [0.29, 0.717) is 0 Å². The lowest BCUT2D eigenvalue weighted by Crippen LogP contribution is -2.77. The van der Waals surface area contributed by atoms with Gasteiger partial charge in [-0.05, 0) is 115 Å². The summed E-state index contributed by atoms with van der Waals surface area (Å²) in [6.45, 7) is 4.48. The fourth-order valence-electron chi connectivity index (χ4n) is 10.4. The molecular weight excluding hydrogens is 774 g/mol. The number of benzene rings is 9. The highest BCUT2D eigenvalue weighted by Gasteiger charge is 2.49. The summed E-state index contributed by atoms with van der Waals surface area (Å²) < 4.78 is 6.96. The van der Waals surface area contributed by atoms with Gasteiger partial charge in [-0.25, -0.2) is 0 Å². The van der Waals surface area contributed by atoms with E-state index < -0.39 is 8.07 Å². The molecule has 9 aromatic carbocycles. The molecule has 0 bridgehead atoms. The first-order chi connectivity index (χ1) is 30.1. The van der Waals surface area contributed by atoms with Crippen molar-refractivity contribution < 1.29 is 4.74 Å². The van der Waals surface area contributed by atoms with Gasteiger partial charge < -0.3 is 9.64 Å². The second kappa shape index (κ2) is 14.2. The van der Waals surface area contributed by atoms with E-state index in [1.165, 1.54) is 91.7 Å². The van der Waals surface area contributed by atoms with Gasteiger partial charge in [0.15, 0.2) is 8.07 Å². The molecule has 3 aliphatic heterocycles. The van der Waals surface area contributed by atoms with Crippen LogP contribution in [0, 0.1) is 13.8 Å². The fourth-order valence-corrected chi connectivity index (χ4v) is 16.7. The van der Waals surface area contributed by atoms with Crippen LogP contribution in [0.25, 0.3) is 22.3 Å². The van der Waals surface area contributed by atoms with Crippen molar-refractivity contribution in [2.45, 2.75) is 23.6 Å². The lowest BCUT2D eigenvalue weighted by molar-refractivity contribution is 0.486. The summed E-state index contributed by atoms with van der Waals surface area (Å²) in [5.74, 6) is 1.85. The Labute approximate surface area is 363 Å². The van der Waals surface area contributed by atoms with Crippen molar-refractivity contribution in [1.82, 2.24) is 0 Å². The van der Waals surface area contributed by atoms with Gasteiger partial charge >= 0.3 is 0 Å². The quantitative estimate of drug-likeness (QED) is 0.161. The average molecular weight is 814 g/mol.